The standard InChI is InChI=1S/C35H30ClF2N7O4/c1-48-12-11-44-31-14-20(35(46)47)9-10-30(31)40-33(44)15-21-13-26(38)23(16-25(21)37)27-7-4-8-34(41-27)49-19-22-18-39-32(17-24(22)36)45-42-28-5-2-3-6-29(28)43-45/h4,7-10,13-14,16-18H,2-3,5-6,11-12,15,19H2,1H3,(H,46,47). The number of ether oxygens (including phenoxy) is 2. The molecule has 2 aromatic carbocycles. The predicted octanol–water partition coefficient (Wildman–Crippen LogP) is 6.40. The number of imidazole rings is 1. The first-order valence-electron chi connectivity index (χ1n) is 15.7. The molecule has 6 aromatic rings. The number of hydrogen-bond acceptors (Lipinski definition) is 8. The molecule has 1 aliphatic carbocycles. The lowest BCUT2D eigenvalue weighted by molar-refractivity contribution is 0.0697. The summed E-state index contributed by atoms with van der Waals surface area (Å²) in [4.78, 5) is 26.5. The Morgan fingerprint density at radius 2 is 1.78 bits per heavy atom. The number of hydrogen-bond donors (Lipinski definition) is 1. The molecule has 250 valence electrons. The van der Waals surface area contributed by atoms with Crippen LogP contribution in [0.5, 0.6) is 5.88 Å². The fourth-order valence-electron chi connectivity index (χ4n) is 5.87. The lowest BCUT2D eigenvalue weighted by Gasteiger charge is -2.12. The van der Waals surface area contributed by atoms with Crippen LogP contribution in [0.15, 0.2) is 60.8 Å². The third-order valence-electron chi connectivity index (χ3n) is 8.41. The molecule has 7 rings (SSSR count). The molecule has 0 saturated heterocycles. The van der Waals surface area contributed by atoms with Gasteiger partial charge in [-0.1, -0.05) is 17.7 Å². The summed E-state index contributed by atoms with van der Waals surface area (Å²) in [6.45, 7) is 0.701. The summed E-state index contributed by atoms with van der Waals surface area (Å²) in [5.74, 6) is -1.27. The van der Waals surface area contributed by atoms with Crippen molar-refractivity contribution in [3.8, 4) is 23.0 Å². The van der Waals surface area contributed by atoms with E-state index >= 15 is 8.78 Å². The number of pyridine rings is 2. The van der Waals surface area contributed by atoms with Crippen LogP contribution in [0.4, 0.5) is 8.78 Å². The number of carboxylic acid groups (broad SMARTS) is 1. The summed E-state index contributed by atoms with van der Waals surface area (Å²) in [5.41, 5.74) is 4.00. The summed E-state index contributed by atoms with van der Waals surface area (Å²) < 4.78 is 44.0. The zero-order valence-corrected chi connectivity index (χ0v) is 27.1. The van der Waals surface area contributed by atoms with E-state index in [1.807, 2.05) is 0 Å². The minimum atomic E-state index is -1.08. The maximum absolute atomic E-state index is 15.6. The number of methoxy groups -OCH3 is 1. The van der Waals surface area contributed by atoms with E-state index in [0.717, 1.165) is 49.2 Å². The van der Waals surface area contributed by atoms with Crippen molar-refractivity contribution in [2.24, 2.45) is 0 Å². The van der Waals surface area contributed by atoms with Crippen LogP contribution in [-0.4, -0.2) is 59.3 Å². The monoisotopic (exact) mass is 685 g/mol. The molecule has 1 N–H and O–H groups in total. The number of carboxylic acids is 1. The molecular formula is C35H30ClF2N7O4. The quantitative estimate of drug-likeness (QED) is 0.165. The number of halogens is 3. The highest BCUT2D eigenvalue weighted by Crippen LogP contribution is 2.29. The van der Waals surface area contributed by atoms with E-state index in [2.05, 4.69) is 25.1 Å². The van der Waals surface area contributed by atoms with Crippen molar-refractivity contribution in [1.29, 1.82) is 0 Å². The number of aryl methyl sites for hydroxylation is 2. The largest absolute Gasteiger partial charge is 0.478 e. The fourth-order valence-corrected chi connectivity index (χ4v) is 6.07. The van der Waals surface area contributed by atoms with Crippen molar-refractivity contribution < 1.29 is 28.2 Å². The molecule has 0 amide bonds. The molecule has 49 heavy (non-hydrogen) atoms. The highest BCUT2D eigenvalue weighted by atomic mass is 35.5. The van der Waals surface area contributed by atoms with E-state index in [0.29, 0.717) is 46.4 Å². The highest BCUT2D eigenvalue weighted by Gasteiger charge is 2.20. The van der Waals surface area contributed by atoms with Crippen molar-refractivity contribution in [1.82, 2.24) is 34.5 Å². The van der Waals surface area contributed by atoms with E-state index in [-0.39, 0.29) is 41.3 Å². The van der Waals surface area contributed by atoms with Crippen molar-refractivity contribution >= 4 is 28.6 Å². The van der Waals surface area contributed by atoms with Gasteiger partial charge in [0.15, 0.2) is 5.82 Å². The molecule has 11 nitrogen and oxygen atoms in total. The van der Waals surface area contributed by atoms with Crippen molar-refractivity contribution in [3.05, 3.63) is 111 Å². The molecule has 0 radical (unpaired) electrons. The average Bonchev–Trinajstić information content (AvgIpc) is 3.69. The second-order valence-electron chi connectivity index (χ2n) is 11.7. The van der Waals surface area contributed by atoms with Gasteiger partial charge in [-0.2, -0.15) is 10.2 Å². The van der Waals surface area contributed by atoms with Gasteiger partial charge < -0.3 is 19.1 Å². The normalized spacial score (nSPS) is 12.7. The fraction of sp³-hybridized carbons (Fsp3) is 0.257. The van der Waals surface area contributed by atoms with E-state index < -0.39 is 17.6 Å². The Morgan fingerprint density at radius 3 is 2.51 bits per heavy atom. The highest BCUT2D eigenvalue weighted by molar-refractivity contribution is 6.31. The summed E-state index contributed by atoms with van der Waals surface area (Å²) >= 11 is 6.55. The summed E-state index contributed by atoms with van der Waals surface area (Å²) in [5, 5.41) is 19.0. The smallest absolute Gasteiger partial charge is 0.335 e. The molecule has 4 heterocycles. The van der Waals surface area contributed by atoms with Crippen LogP contribution in [0.1, 0.15) is 51.5 Å². The Bertz CT molecular complexity index is 2180. The summed E-state index contributed by atoms with van der Waals surface area (Å²) in [6.07, 6.45) is 5.55. The summed E-state index contributed by atoms with van der Waals surface area (Å²) in [7, 11) is 1.54. The SMILES string of the molecule is COCCn1c(Cc2cc(F)c(-c3cccc(OCc4cnc(-n5nc6c(n5)CCCC6)cc4Cl)n3)cc2F)nc2ccc(C(=O)O)cc21. The lowest BCUT2D eigenvalue weighted by atomic mass is 10.0. The molecular weight excluding hydrogens is 656 g/mol. The van der Waals surface area contributed by atoms with Gasteiger partial charge in [-0.05, 0) is 67.6 Å². The van der Waals surface area contributed by atoms with Gasteiger partial charge >= 0.3 is 5.97 Å². The van der Waals surface area contributed by atoms with Crippen LogP contribution in [-0.2, 0) is 37.2 Å². The topological polar surface area (TPSA) is 130 Å². The number of aromatic nitrogens is 7. The molecule has 0 atom stereocenters. The molecule has 1 aliphatic rings. The first-order chi connectivity index (χ1) is 23.8. The van der Waals surface area contributed by atoms with Crippen molar-refractivity contribution in [2.75, 3.05) is 13.7 Å². The third-order valence-corrected chi connectivity index (χ3v) is 8.77. The van der Waals surface area contributed by atoms with Crippen molar-refractivity contribution in [3.63, 3.8) is 0 Å². The Hall–Kier alpha value is -5.27. The molecule has 4 aromatic heterocycles. The predicted molar refractivity (Wildman–Crippen MR) is 176 cm³/mol. The number of fused-ring (bicyclic) bond motifs is 2. The van der Waals surface area contributed by atoms with Gasteiger partial charge in [0.25, 0.3) is 0 Å². The van der Waals surface area contributed by atoms with Crippen LogP contribution in [0, 0.1) is 11.6 Å². The first-order valence-corrected chi connectivity index (χ1v) is 16.0. The molecule has 14 heteroatoms. The Morgan fingerprint density at radius 1 is 0.980 bits per heavy atom. The van der Waals surface area contributed by atoms with Crippen LogP contribution < -0.4 is 4.74 Å². The zero-order chi connectivity index (χ0) is 34.1. The third kappa shape index (κ3) is 6.72. The molecule has 0 aliphatic heterocycles. The molecule has 0 bridgehead atoms. The van der Waals surface area contributed by atoms with Gasteiger partial charge in [0.2, 0.25) is 5.88 Å². The Kier molecular flexibility index (Phi) is 9.02. The van der Waals surface area contributed by atoms with Crippen molar-refractivity contribution in [2.45, 2.75) is 45.3 Å². The van der Waals surface area contributed by atoms with Gasteiger partial charge in [0.05, 0.1) is 45.3 Å². The molecule has 0 fully saturated rings. The van der Waals surface area contributed by atoms with E-state index in [1.54, 1.807) is 48.2 Å². The molecule has 0 spiro atoms. The maximum Gasteiger partial charge on any atom is 0.335 e. The number of carbonyl (C=O) groups is 1. The molecule has 0 saturated carbocycles. The Labute approximate surface area is 284 Å². The number of nitrogens with zero attached hydrogens (tertiary/aromatic N) is 7. The van der Waals surface area contributed by atoms with Gasteiger partial charge in [-0.3, -0.25) is 0 Å². The molecule has 0 unspecified atom stereocenters. The van der Waals surface area contributed by atoms with E-state index in [1.165, 1.54) is 16.9 Å². The van der Waals surface area contributed by atoms with Crippen LogP contribution in [0.2, 0.25) is 5.02 Å². The zero-order valence-electron chi connectivity index (χ0n) is 26.4. The van der Waals surface area contributed by atoms with Crippen LogP contribution in [0.25, 0.3) is 28.1 Å². The van der Waals surface area contributed by atoms with E-state index in [9.17, 15) is 9.90 Å². The van der Waals surface area contributed by atoms with Gasteiger partial charge in [0, 0.05) is 49.5 Å². The number of benzene rings is 2. The van der Waals surface area contributed by atoms with Crippen LogP contribution in [0.3, 0.4) is 0 Å². The second-order valence-corrected chi connectivity index (χ2v) is 12.1. The Balaban J connectivity index is 1.08. The van der Waals surface area contributed by atoms with Gasteiger partial charge in [-0.25, -0.2) is 28.5 Å². The lowest BCUT2D eigenvalue weighted by Crippen LogP contribution is -2.10. The average molecular weight is 686 g/mol. The number of aromatic carboxylic acids is 1. The number of rotatable bonds is 11. The first kappa shape index (κ1) is 32.3. The minimum Gasteiger partial charge on any atom is -0.478 e. The van der Waals surface area contributed by atoms with Gasteiger partial charge in [-0.15, -0.1) is 4.80 Å². The van der Waals surface area contributed by atoms with E-state index in [4.69, 9.17) is 21.1 Å². The second kappa shape index (κ2) is 13.7. The maximum atomic E-state index is 15.6. The van der Waals surface area contributed by atoms with Gasteiger partial charge in [0.1, 0.15) is 24.1 Å². The summed E-state index contributed by atoms with van der Waals surface area (Å²) in [6, 6.07) is 13.3. The minimum absolute atomic E-state index is 0.0349. The van der Waals surface area contributed by atoms with Crippen LogP contribution >= 0.6 is 11.6 Å².